The van der Waals surface area contributed by atoms with Crippen molar-refractivity contribution in [2.24, 2.45) is 5.92 Å². The number of carbonyl (C=O) groups excluding carboxylic acids is 3. The van der Waals surface area contributed by atoms with Crippen molar-refractivity contribution in [3.63, 3.8) is 0 Å². The molecule has 0 bridgehead atoms. The smallest absolute Gasteiger partial charge is 0.324 e. The Bertz CT molecular complexity index is 1050. The molecule has 1 atom stereocenters. The summed E-state index contributed by atoms with van der Waals surface area (Å²) in [5, 5.41) is 2.65. The van der Waals surface area contributed by atoms with Crippen LogP contribution in [0.4, 0.5) is 5.69 Å². The number of benzene rings is 2. The second-order valence-corrected chi connectivity index (χ2v) is 8.68. The monoisotopic (exact) mass is 448 g/mol. The minimum Gasteiger partial charge on any atom is -0.468 e. The molecule has 0 aliphatic rings. The van der Waals surface area contributed by atoms with Crippen LogP contribution in [0.2, 0.25) is 0 Å². The number of anilines is 1. The van der Waals surface area contributed by atoms with Gasteiger partial charge in [0.15, 0.2) is 0 Å². The Morgan fingerprint density at radius 1 is 0.935 bits per heavy atom. The molecule has 0 heterocycles. The molecule has 1 amide bonds. The van der Waals surface area contributed by atoms with Crippen LogP contribution < -0.4 is 14.8 Å². The number of methoxy groups -OCH3 is 1. The molecule has 2 N–H and O–H groups in total. The first-order valence-electron chi connectivity index (χ1n) is 9.33. The third-order valence-electron chi connectivity index (χ3n) is 4.20. The molecule has 0 aromatic heterocycles. The Morgan fingerprint density at radius 3 is 2.00 bits per heavy atom. The molecule has 166 valence electrons. The minimum atomic E-state index is -3.98. The first kappa shape index (κ1) is 24.0. The quantitative estimate of drug-likeness (QED) is 0.469. The first-order valence-corrected chi connectivity index (χ1v) is 10.8. The highest BCUT2D eigenvalue weighted by Gasteiger charge is 2.29. The highest BCUT2D eigenvalue weighted by molar-refractivity contribution is 7.89. The molecule has 0 saturated heterocycles. The third-order valence-corrected chi connectivity index (χ3v) is 5.66. The van der Waals surface area contributed by atoms with Gasteiger partial charge in [0.1, 0.15) is 11.8 Å². The largest absolute Gasteiger partial charge is 0.468 e. The van der Waals surface area contributed by atoms with Crippen molar-refractivity contribution in [1.82, 2.24) is 4.72 Å². The van der Waals surface area contributed by atoms with E-state index in [4.69, 9.17) is 4.74 Å². The van der Waals surface area contributed by atoms with Gasteiger partial charge in [-0.1, -0.05) is 13.8 Å². The number of hydrogen-bond donors (Lipinski definition) is 2. The normalized spacial score (nSPS) is 12.2. The SMILES string of the molecule is COC(=O)[C@H](NS(=O)(=O)c1ccc(NC(=O)c2ccc(OC(C)=O)cc2)cc1)C(C)C. The van der Waals surface area contributed by atoms with Gasteiger partial charge in [-0.05, 0) is 54.4 Å². The van der Waals surface area contributed by atoms with Gasteiger partial charge in [0.25, 0.3) is 5.91 Å². The maximum atomic E-state index is 12.6. The highest BCUT2D eigenvalue weighted by Crippen LogP contribution is 2.18. The lowest BCUT2D eigenvalue weighted by Crippen LogP contribution is -2.44. The highest BCUT2D eigenvalue weighted by atomic mass is 32.2. The molecule has 0 fully saturated rings. The fourth-order valence-corrected chi connectivity index (χ4v) is 3.91. The lowest BCUT2D eigenvalue weighted by molar-refractivity contribution is -0.143. The average molecular weight is 448 g/mol. The number of amides is 1. The molecule has 0 radical (unpaired) electrons. The van der Waals surface area contributed by atoms with E-state index in [1.54, 1.807) is 13.8 Å². The molecule has 0 aliphatic heterocycles. The number of esters is 2. The van der Waals surface area contributed by atoms with Crippen molar-refractivity contribution in [3.8, 4) is 5.75 Å². The van der Waals surface area contributed by atoms with E-state index in [0.29, 0.717) is 17.0 Å². The molecule has 0 saturated carbocycles. The molecular formula is C21H24N2O7S. The van der Waals surface area contributed by atoms with Gasteiger partial charge in [0.05, 0.1) is 12.0 Å². The molecule has 0 spiro atoms. The van der Waals surface area contributed by atoms with E-state index >= 15 is 0 Å². The second kappa shape index (κ2) is 10.2. The van der Waals surface area contributed by atoms with Crippen LogP contribution in [0.3, 0.4) is 0 Å². The molecule has 10 heteroatoms. The summed E-state index contributed by atoms with van der Waals surface area (Å²) in [6.07, 6.45) is 0. The summed E-state index contributed by atoms with van der Waals surface area (Å²) < 4.78 is 37.1. The lowest BCUT2D eigenvalue weighted by Gasteiger charge is -2.19. The number of nitrogens with one attached hydrogen (secondary N) is 2. The number of hydrogen-bond acceptors (Lipinski definition) is 7. The van der Waals surface area contributed by atoms with Gasteiger partial charge in [0.2, 0.25) is 10.0 Å². The van der Waals surface area contributed by atoms with Gasteiger partial charge < -0.3 is 14.8 Å². The first-order chi connectivity index (χ1) is 14.5. The third kappa shape index (κ3) is 6.63. The van der Waals surface area contributed by atoms with Crippen LogP contribution in [0.25, 0.3) is 0 Å². The Kier molecular flexibility index (Phi) is 7.89. The Morgan fingerprint density at radius 2 is 1.52 bits per heavy atom. The van der Waals surface area contributed by atoms with E-state index < -0.39 is 33.9 Å². The van der Waals surface area contributed by atoms with Crippen LogP contribution >= 0.6 is 0 Å². The summed E-state index contributed by atoms with van der Waals surface area (Å²) in [5.41, 5.74) is 0.702. The van der Waals surface area contributed by atoms with E-state index in [0.717, 1.165) is 0 Å². The maximum absolute atomic E-state index is 12.6. The summed E-state index contributed by atoms with van der Waals surface area (Å²) in [6, 6.07) is 10.4. The van der Waals surface area contributed by atoms with Crippen molar-refractivity contribution in [1.29, 1.82) is 0 Å². The van der Waals surface area contributed by atoms with E-state index in [1.165, 1.54) is 62.6 Å². The zero-order valence-corrected chi connectivity index (χ0v) is 18.4. The van der Waals surface area contributed by atoms with Gasteiger partial charge in [-0.3, -0.25) is 14.4 Å². The molecule has 0 unspecified atom stereocenters. The van der Waals surface area contributed by atoms with Gasteiger partial charge in [-0.25, -0.2) is 8.42 Å². The summed E-state index contributed by atoms with van der Waals surface area (Å²) >= 11 is 0. The Hall–Kier alpha value is -3.24. The van der Waals surface area contributed by atoms with E-state index in [9.17, 15) is 22.8 Å². The maximum Gasteiger partial charge on any atom is 0.324 e. The summed E-state index contributed by atoms with van der Waals surface area (Å²) in [7, 11) is -2.79. The van der Waals surface area contributed by atoms with Crippen molar-refractivity contribution >= 4 is 33.6 Å². The van der Waals surface area contributed by atoms with Crippen LogP contribution in [0.5, 0.6) is 5.75 Å². The van der Waals surface area contributed by atoms with Crippen molar-refractivity contribution in [2.75, 3.05) is 12.4 Å². The predicted molar refractivity (Wildman–Crippen MR) is 113 cm³/mol. The number of carbonyl (C=O) groups is 3. The fourth-order valence-electron chi connectivity index (χ4n) is 2.58. The van der Waals surface area contributed by atoms with Gasteiger partial charge in [-0.15, -0.1) is 0 Å². The van der Waals surface area contributed by atoms with Crippen LogP contribution in [0, 0.1) is 5.92 Å². The molecule has 2 rings (SSSR count). The summed E-state index contributed by atoms with van der Waals surface area (Å²) in [6.45, 7) is 4.67. The van der Waals surface area contributed by atoms with E-state index in [2.05, 4.69) is 14.8 Å². The minimum absolute atomic E-state index is 0.0641. The van der Waals surface area contributed by atoms with E-state index in [-0.39, 0.29) is 10.8 Å². The van der Waals surface area contributed by atoms with Crippen LogP contribution in [0.1, 0.15) is 31.1 Å². The molecular weight excluding hydrogens is 424 g/mol. The van der Waals surface area contributed by atoms with E-state index in [1.807, 2.05) is 0 Å². The zero-order chi connectivity index (χ0) is 23.2. The van der Waals surface area contributed by atoms with Gasteiger partial charge in [-0.2, -0.15) is 4.72 Å². The molecule has 2 aromatic rings. The average Bonchev–Trinajstić information content (AvgIpc) is 2.71. The number of ether oxygens (including phenoxy) is 2. The summed E-state index contributed by atoms with van der Waals surface area (Å²) in [5.74, 6) is -1.56. The number of sulfonamides is 1. The van der Waals surface area contributed by atoms with Gasteiger partial charge >= 0.3 is 11.9 Å². The number of rotatable bonds is 8. The summed E-state index contributed by atoms with van der Waals surface area (Å²) in [4.78, 5) is 35.1. The van der Waals surface area contributed by atoms with Crippen LogP contribution in [-0.2, 0) is 24.3 Å². The van der Waals surface area contributed by atoms with Gasteiger partial charge in [0, 0.05) is 18.2 Å². The Labute approximate surface area is 180 Å². The molecule has 0 aliphatic carbocycles. The molecule has 2 aromatic carbocycles. The van der Waals surface area contributed by atoms with Crippen molar-refractivity contribution in [2.45, 2.75) is 31.7 Å². The van der Waals surface area contributed by atoms with Crippen LogP contribution in [0.15, 0.2) is 53.4 Å². The molecule has 31 heavy (non-hydrogen) atoms. The fraction of sp³-hybridized carbons (Fsp3) is 0.286. The standard InChI is InChI=1S/C21H24N2O7S/c1-13(2)19(21(26)29-4)23-31(27,28)18-11-7-16(8-12-18)22-20(25)15-5-9-17(10-6-15)30-14(3)24/h5-13,19,23H,1-4H3,(H,22,25)/t19-/m1/s1. The Balaban J connectivity index is 2.09. The van der Waals surface area contributed by atoms with Crippen LogP contribution in [-0.4, -0.2) is 39.4 Å². The lowest BCUT2D eigenvalue weighted by atomic mass is 10.1. The topological polar surface area (TPSA) is 128 Å². The van der Waals surface area contributed by atoms with Crippen molar-refractivity contribution in [3.05, 3.63) is 54.1 Å². The zero-order valence-electron chi connectivity index (χ0n) is 17.5. The second-order valence-electron chi connectivity index (χ2n) is 6.96. The predicted octanol–water partition coefficient (Wildman–Crippen LogP) is 2.34. The molecule has 9 nitrogen and oxygen atoms in total. The van der Waals surface area contributed by atoms with Crippen molar-refractivity contribution < 1.29 is 32.3 Å².